The number of rotatable bonds is 6. The molecule has 1 atom stereocenters. The first-order chi connectivity index (χ1) is 12.8. The minimum absolute atomic E-state index is 0.256. The van der Waals surface area contributed by atoms with E-state index in [4.69, 9.17) is 0 Å². The van der Waals surface area contributed by atoms with E-state index in [1.807, 2.05) is 25.9 Å². The molecule has 1 saturated heterocycles. The zero-order valence-corrected chi connectivity index (χ0v) is 15.9. The standard InChI is InChI=1S/C19H26N4O4/c1-4-19(10-9-15(24)22-18(19)27)13-5-7-14(8-6-13)21-17(26)16(25)20-11-12-23(2)3/h5-8H,4,9-12H2,1-3H3,(H,20,25)(H,21,26)(H,22,24,27)/t19-/m0/s1. The second-order valence-corrected chi connectivity index (χ2v) is 6.90. The van der Waals surface area contributed by atoms with E-state index in [0.717, 1.165) is 5.56 Å². The zero-order valence-electron chi connectivity index (χ0n) is 15.9. The van der Waals surface area contributed by atoms with Crippen molar-refractivity contribution in [1.82, 2.24) is 15.5 Å². The lowest BCUT2D eigenvalue weighted by Gasteiger charge is -2.35. The fraction of sp³-hybridized carbons (Fsp3) is 0.474. The summed E-state index contributed by atoms with van der Waals surface area (Å²) in [4.78, 5) is 49.5. The highest BCUT2D eigenvalue weighted by Crippen LogP contribution is 2.36. The topological polar surface area (TPSA) is 108 Å². The first-order valence-corrected chi connectivity index (χ1v) is 8.97. The molecule has 8 heteroatoms. The number of likely N-dealkylation sites (N-methyl/N-ethyl adjacent to an activating group) is 1. The first-order valence-electron chi connectivity index (χ1n) is 8.97. The highest BCUT2D eigenvalue weighted by atomic mass is 16.2. The normalized spacial score (nSPS) is 19.6. The number of imide groups is 1. The molecule has 0 aliphatic carbocycles. The summed E-state index contributed by atoms with van der Waals surface area (Å²) in [6.45, 7) is 2.92. The Hall–Kier alpha value is -2.74. The molecule has 1 fully saturated rings. The predicted octanol–water partition coefficient (Wildman–Crippen LogP) is 0.387. The summed E-state index contributed by atoms with van der Waals surface area (Å²) in [5.41, 5.74) is 0.494. The Morgan fingerprint density at radius 1 is 1.15 bits per heavy atom. The second kappa shape index (κ2) is 8.77. The van der Waals surface area contributed by atoms with Crippen LogP contribution in [0.5, 0.6) is 0 Å². The molecule has 146 valence electrons. The van der Waals surface area contributed by atoms with Crippen molar-refractivity contribution >= 4 is 29.3 Å². The van der Waals surface area contributed by atoms with Crippen molar-refractivity contribution in [2.45, 2.75) is 31.6 Å². The number of carbonyl (C=O) groups excluding carboxylic acids is 4. The fourth-order valence-electron chi connectivity index (χ4n) is 3.10. The van der Waals surface area contributed by atoms with Crippen molar-refractivity contribution in [3.8, 4) is 0 Å². The molecule has 4 amide bonds. The molecule has 3 N–H and O–H groups in total. The van der Waals surface area contributed by atoms with Crippen molar-refractivity contribution < 1.29 is 19.2 Å². The first kappa shape index (κ1) is 20.6. The molecule has 27 heavy (non-hydrogen) atoms. The molecule has 1 aromatic carbocycles. The Bertz CT molecular complexity index is 730. The van der Waals surface area contributed by atoms with Crippen molar-refractivity contribution in [3.63, 3.8) is 0 Å². The number of hydrogen-bond acceptors (Lipinski definition) is 5. The van der Waals surface area contributed by atoms with Crippen molar-refractivity contribution in [2.75, 3.05) is 32.5 Å². The van der Waals surface area contributed by atoms with E-state index in [1.54, 1.807) is 24.3 Å². The lowest BCUT2D eigenvalue weighted by Crippen LogP contribution is -2.51. The van der Waals surface area contributed by atoms with E-state index in [2.05, 4.69) is 16.0 Å². The monoisotopic (exact) mass is 374 g/mol. The van der Waals surface area contributed by atoms with Gasteiger partial charge in [-0.15, -0.1) is 0 Å². The van der Waals surface area contributed by atoms with Gasteiger partial charge in [-0.05, 0) is 44.6 Å². The summed E-state index contributed by atoms with van der Waals surface area (Å²) in [7, 11) is 3.75. The van der Waals surface area contributed by atoms with Gasteiger partial charge in [0.1, 0.15) is 0 Å². The Balaban J connectivity index is 2.02. The Morgan fingerprint density at radius 2 is 1.81 bits per heavy atom. The van der Waals surface area contributed by atoms with E-state index in [1.165, 1.54) is 0 Å². The van der Waals surface area contributed by atoms with Gasteiger partial charge in [-0.1, -0.05) is 19.1 Å². The van der Waals surface area contributed by atoms with Crippen LogP contribution in [0.4, 0.5) is 5.69 Å². The molecule has 0 radical (unpaired) electrons. The molecule has 1 heterocycles. The highest BCUT2D eigenvalue weighted by molar-refractivity contribution is 6.39. The van der Waals surface area contributed by atoms with Crippen LogP contribution in [0, 0.1) is 0 Å². The molecule has 1 aliphatic rings. The molecule has 1 aliphatic heterocycles. The minimum atomic E-state index is -0.750. The van der Waals surface area contributed by atoms with E-state index >= 15 is 0 Å². The molecule has 1 aromatic rings. The van der Waals surface area contributed by atoms with Gasteiger partial charge in [-0.2, -0.15) is 0 Å². The number of nitrogens with one attached hydrogen (secondary N) is 3. The van der Waals surface area contributed by atoms with E-state index in [0.29, 0.717) is 38.0 Å². The molecule has 0 spiro atoms. The van der Waals surface area contributed by atoms with Crippen LogP contribution < -0.4 is 16.0 Å². The van der Waals surface area contributed by atoms with Crippen molar-refractivity contribution in [1.29, 1.82) is 0 Å². The van der Waals surface area contributed by atoms with Gasteiger partial charge in [0.05, 0.1) is 5.41 Å². The lowest BCUT2D eigenvalue weighted by atomic mass is 9.72. The molecular formula is C19H26N4O4. The van der Waals surface area contributed by atoms with Crippen LogP contribution in [0.25, 0.3) is 0 Å². The largest absolute Gasteiger partial charge is 0.347 e. The molecule has 2 rings (SSSR count). The number of anilines is 1. The maximum Gasteiger partial charge on any atom is 0.313 e. The third kappa shape index (κ3) is 4.91. The smallest absolute Gasteiger partial charge is 0.313 e. The second-order valence-electron chi connectivity index (χ2n) is 6.90. The number of piperidine rings is 1. The quantitative estimate of drug-likeness (QED) is 0.493. The van der Waals surface area contributed by atoms with Crippen LogP contribution in [0.3, 0.4) is 0 Å². The van der Waals surface area contributed by atoms with E-state index < -0.39 is 17.2 Å². The Morgan fingerprint density at radius 3 is 2.37 bits per heavy atom. The van der Waals surface area contributed by atoms with Gasteiger partial charge in [0.2, 0.25) is 11.8 Å². The summed E-state index contributed by atoms with van der Waals surface area (Å²) >= 11 is 0. The van der Waals surface area contributed by atoms with Crippen LogP contribution in [-0.2, 0) is 24.6 Å². The maximum absolute atomic E-state index is 12.4. The van der Waals surface area contributed by atoms with Crippen LogP contribution in [0.15, 0.2) is 24.3 Å². The van der Waals surface area contributed by atoms with E-state index in [9.17, 15) is 19.2 Å². The average molecular weight is 374 g/mol. The molecule has 0 saturated carbocycles. The third-order valence-electron chi connectivity index (χ3n) is 4.82. The minimum Gasteiger partial charge on any atom is -0.347 e. The van der Waals surface area contributed by atoms with Gasteiger partial charge >= 0.3 is 11.8 Å². The van der Waals surface area contributed by atoms with Gasteiger partial charge in [-0.25, -0.2) is 0 Å². The van der Waals surface area contributed by atoms with Crippen molar-refractivity contribution in [2.24, 2.45) is 0 Å². The zero-order chi connectivity index (χ0) is 20.0. The number of nitrogens with zero attached hydrogens (tertiary/aromatic N) is 1. The number of benzene rings is 1. The van der Waals surface area contributed by atoms with Gasteiger partial charge in [0, 0.05) is 25.2 Å². The average Bonchev–Trinajstić information content (AvgIpc) is 2.62. The molecule has 8 nitrogen and oxygen atoms in total. The summed E-state index contributed by atoms with van der Waals surface area (Å²) in [5.74, 6) is -1.99. The van der Waals surface area contributed by atoms with Gasteiger partial charge in [-0.3, -0.25) is 24.5 Å². The number of hydrogen-bond donors (Lipinski definition) is 3. The highest BCUT2D eigenvalue weighted by Gasteiger charge is 2.42. The van der Waals surface area contributed by atoms with Gasteiger partial charge < -0.3 is 15.5 Å². The van der Waals surface area contributed by atoms with Gasteiger partial charge in [0.15, 0.2) is 0 Å². The summed E-state index contributed by atoms with van der Waals surface area (Å²) < 4.78 is 0. The third-order valence-corrected chi connectivity index (χ3v) is 4.82. The summed E-state index contributed by atoms with van der Waals surface area (Å²) in [6, 6.07) is 6.81. The maximum atomic E-state index is 12.4. The fourth-order valence-corrected chi connectivity index (χ4v) is 3.10. The lowest BCUT2D eigenvalue weighted by molar-refractivity contribution is -0.138. The van der Waals surface area contributed by atoms with Crippen molar-refractivity contribution in [3.05, 3.63) is 29.8 Å². The summed E-state index contributed by atoms with van der Waals surface area (Å²) in [5, 5.41) is 7.49. The van der Waals surface area contributed by atoms with Crippen LogP contribution in [0.2, 0.25) is 0 Å². The van der Waals surface area contributed by atoms with Gasteiger partial charge in [0.25, 0.3) is 0 Å². The Kier molecular flexibility index (Phi) is 6.68. The number of amides is 4. The predicted molar refractivity (Wildman–Crippen MR) is 101 cm³/mol. The molecule has 0 bridgehead atoms. The molecular weight excluding hydrogens is 348 g/mol. The SMILES string of the molecule is CC[C@@]1(c2ccc(NC(=O)C(=O)NCCN(C)C)cc2)CCC(=O)NC1=O. The van der Waals surface area contributed by atoms with Crippen LogP contribution in [0.1, 0.15) is 31.7 Å². The van der Waals surface area contributed by atoms with E-state index in [-0.39, 0.29) is 11.8 Å². The number of carbonyl (C=O) groups is 4. The van der Waals surface area contributed by atoms with Crippen LogP contribution in [-0.4, -0.2) is 55.7 Å². The van der Waals surface area contributed by atoms with Crippen LogP contribution >= 0.6 is 0 Å². The summed E-state index contributed by atoms with van der Waals surface area (Å²) in [6.07, 6.45) is 1.31. The molecule has 0 unspecified atom stereocenters. The molecule has 0 aromatic heterocycles. The Labute approximate surface area is 158 Å².